The summed E-state index contributed by atoms with van der Waals surface area (Å²) in [7, 11) is 0. The first-order valence-electron chi connectivity index (χ1n) is 4.20. The van der Waals surface area contributed by atoms with Crippen molar-refractivity contribution < 1.29 is 14.8 Å². The number of aliphatic hydroxyl groups excluding tert-OH is 1. The predicted molar refractivity (Wildman–Crippen MR) is 46.0 cm³/mol. The summed E-state index contributed by atoms with van der Waals surface area (Å²) < 4.78 is 4.92. The molecule has 0 aliphatic heterocycles. The van der Waals surface area contributed by atoms with Gasteiger partial charge in [0.1, 0.15) is 0 Å². The fraction of sp³-hybridized carbons (Fsp3) is 1.00. The van der Waals surface area contributed by atoms with Crippen LogP contribution in [-0.2, 0) is 4.74 Å². The number of alkyl halides is 1. The topological polar surface area (TPSA) is 72.6 Å². The van der Waals surface area contributed by atoms with Crippen molar-refractivity contribution in [3.63, 3.8) is 0 Å². The molecule has 6 heteroatoms. The van der Waals surface area contributed by atoms with Crippen LogP contribution in [0.4, 0.5) is 0 Å². The minimum atomic E-state index is -1.29. The van der Waals surface area contributed by atoms with E-state index in [0.29, 0.717) is 25.7 Å². The van der Waals surface area contributed by atoms with E-state index in [4.69, 9.17) is 21.4 Å². The SMILES string of the molecule is O=[N+]([O-])C1CCC(OC(O)Cl)CC1. The molecule has 0 radical (unpaired) electrons. The van der Waals surface area contributed by atoms with E-state index in [1.54, 1.807) is 0 Å². The molecule has 0 saturated heterocycles. The van der Waals surface area contributed by atoms with Crippen LogP contribution in [0.3, 0.4) is 0 Å². The van der Waals surface area contributed by atoms with Gasteiger partial charge in [0.05, 0.1) is 6.10 Å². The zero-order chi connectivity index (χ0) is 9.84. The number of aliphatic hydroxyl groups is 1. The number of hydrogen-bond donors (Lipinski definition) is 1. The van der Waals surface area contributed by atoms with Crippen molar-refractivity contribution in [2.75, 3.05) is 0 Å². The number of nitro groups is 1. The van der Waals surface area contributed by atoms with Crippen molar-refractivity contribution in [1.82, 2.24) is 0 Å². The monoisotopic (exact) mass is 209 g/mol. The Balaban J connectivity index is 2.26. The highest BCUT2D eigenvalue weighted by molar-refractivity contribution is 6.18. The zero-order valence-electron chi connectivity index (χ0n) is 7.06. The van der Waals surface area contributed by atoms with Gasteiger partial charge in [-0.3, -0.25) is 10.1 Å². The fourth-order valence-electron chi connectivity index (χ4n) is 1.55. The minimum absolute atomic E-state index is 0.135. The summed E-state index contributed by atoms with van der Waals surface area (Å²) in [6, 6.07) is -0.452. The van der Waals surface area contributed by atoms with Crippen LogP contribution in [-0.4, -0.2) is 27.9 Å². The molecule has 1 fully saturated rings. The molecule has 1 saturated carbocycles. The third kappa shape index (κ3) is 3.46. The lowest BCUT2D eigenvalue weighted by molar-refractivity contribution is -0.527. The maximum atomic E-state index is 10.4. The first kappa shape index (κ1) is 10.7. The van der Waals surface area contributed by atoms with Crippen molar-refractivity contribution in [2.45, 2.75) is 43.6 Å². The van der Waals surface area contributed by atoms with Gasteiger partial charge in [-0.05, 0) is 12.8 Å². The molecule has 1 aliphatic rings. The normalized spacial score (nSPS) is 31.2. The van der Waals surface area contributed by atoms with Crippen LogP contribution in [0.5, 0.6) is 0 Å². The second-order valence-corrected chi connectivity index (χ2v) is 3.52. The molecule has 0 amide bonds. The lowest BCUT2D eigenvalue weighted by atomic mass is 9.93. The van der Waals surface area contributed by atoms with Gasteiger partial charge in [0.25, 0.3) is 0 Å². The average Bonchev–Trinajstić information content (AvgIpc) is 2.04. The summed E-state index contributed by atoms with van der Waals surface area (Å²) in [5.74, 6) is -1.29. The van der Waals surface area contributed by atoms with Crippen LogP contribution in [0.15, 0.2) is 0 Å². The van der Waals surface area contributed by atoms with Gasteiger partial charge in [0, 0.05) is 17.8 Å². The molecule has 0 spiro atoms. The molecule has 76 valence electrons. The Morgan fingerprint density at radius 1 is 1.46 bits per heavy atom. The van der Waals surface area contributed by atoms with E-state index in [-0.39, 0.29) is 11.0 Å². The van der Waals surface area contributed by atoms with Gasteiger partial charge in [-0.2, -0.15) is 0 Å². The molecule has 0 bridgehead atoms. The fourth-order valence-corrected chi connectivity index (χ4v) is 1.70. The third-order valence-corrected chi connectivity index (χ3v) is 2.35. The second-order valence-electron chi connectivity index (χ2n) is 3.14. The summed E-state index contributed by atoms with van der Waals surface area (Å²) in [5, 5.41) is 19.1. The van der Waals surface area contributed by atoms with E-state index >= 15 is 0 Å². The van der Waals surface area contributed by atoms with Crippen molar-refractivity contribution >= 4 is 11.6 Å². The van der Waals surface area contributed by atoms with E-state index in [0.717, 1.165) is 0 Å². The first-order chi connectivity index (χ1) is 6.09. The van der Waals surface area contributed by atoms with Crippen molar-refractivity contribution in [2.24, 2.45) is 0 Å². The van der Waals surface area contributed by atoms with Crippen molar-refractivity contribution in [1.29, 1.82) is 0 Å². The van der Waals surface area contributed by atoms with Crippen molar-refractivity contribution in [3.05, 3.63) is 10.1 Å². The van der Waals surface area contributed by atoms with Gasteiger partial charge >= 0.3 is 0 Å². The number of rotatable bonds is 3. The van der Waals surface area contributed by atoms with Gasteiger partial charge in [0.2, 0.25) is 11.8 Å². The highest BCUT2D eigenvalue weighted by Crippen LogP contribution is 2.23. The van der Waals surface area contributed by atoms with Crippen LogP contribution in [0.25, 0.3) is 0 Å². The summed E-state index contributed by atoms with van der Waals surface area (Å²) in [5.41, 5.74) is 0. The zero-order valence-corrected chi connectivity index (χ0v) is 7.81. The van der Waals surface area contributed by atoms with E-state index in [1.165, 1.54) is 0 Å². The predicted octanol–water partition coefficient (Wildman–Crippen LogP) is 1.11. The van der Waals surface area contributed by atoms with Gasteiger partial charge in [-0.25, -0.2) is 0 Å². The molecule has 1 rings (SSSR count). The average molecular weight is 210 g/mol. The smallest absolute Gasteiger partial charge is 0.234 e. The third-order valence-electron chi connectivity index (χ3n) is 2.25. The Kier molecular flexibility index (Phi) is 3.90. The number of nitrogens with zero attached hydrogens (tertiary/aromatic N) is 1. The molecule has 1 N–H and O–H groups in total. The lowest BCUT2D eigenvalue weighted by Gasteiger charge is -2.24. The van der Waals surface area contributed by atoms with Crippen LogP contribution in [0, 0.1) is 10.1 Å². The Hall–Kier alpha value is -0.390. The van der Waals surface area contributed by atoms with E-state index in [2.05, 4.69) is 0 Å². The summed E-state index contributed by atoms with van der Waals surface area (Å²) >= 11 is 5.21. The molecule has 0 aromatic rings. The summed E-state index contributed by atoms with van der Waals surface area (Å²) in [6.07, 6.45) is 2.05. The van der Waals surface area contributed by atoms with Crippen LogP contribution in [0.2, 0.25) is 0 Å². The quantitative estimate of drug-likeness (QED) is 0.327. The molecule has 1 atom stereocenters. The van der Waals surface area contributed by atoms with Gasteiger partial charge < -0.3 is 9.84 Å². The minimum Gasteiger partial charge on any atom is -0.356 e. The number of ether oxygens (including phenoxy) is 1. The summed E-state index contributed by atoms with van der Waals surface area (Å²) in [4.78, 5) is 10.1. The Morgan fingerprint density at radius 3 is 2.38 bits per heavy atom. The molecule has 5 nitrogen and oxygen atoms in total. The Morgan fingerprint density at radius 2 is 2.00 bits per heavy atom. The van der Waals surface area contributed by atoms with Gasteiger partial charge in [-0.1, -0.05) is 11.6 Å². The highest BCUT2D eigenvalue weighted by atomic mass is 35.5. The van der Waals surface area contributed by atoms with E-state index in [9.17, 15) is 10.1 Å². The summed E-state index contributed by atoms with van der Waals surface area (Å²) in [6.45, 7) is 0. The van der Waals surface area contributed by atoms with Gasteiger partial charge in [-0.15, -0.1) is 0 Å². The van der Waals surface area contributed by atoms with Crippen LogP contribution < -0.4 is 0 Å². The standard InChI is InChI=1S/C7H12ClNO4/c8-7(10)13-6-3-1-5(2-4-6)9(11)12/h5-7,10H,1-4H2. The van der Waals surface area contributed by atoms with E-state index < -0.39 is 11.8 Å². The maximum absolute atomic E-state index is 10.4. The van der Waals surface area contributed by atoms with Crippen LogP contribution >= 0.6 is 11.6 Å². The Labute approximate surface area is 80.8 Å². The molecule has 13 heavy (non-hydrogen) atoms. The second kappa shape index (κ2) is 4.74. The molecular weight excluding hydrogens is 198 g/mol. The molecular formula is C7H12ClNO4. The first-order valence-corrected chi connectivity index (χ1v) is 4.64. The number of hydrogen-bond acceptors (Lipinski definition) is 4. The lowest BCUT2D eigenvalue weighted by Crippen LogP contribution is -2.31. The van der Waals surface area contributed by atoms with E-state index in [1.807, 2.05) is 0 Å². The molecule has 0 aromatic heterocycles. The number of halogens is 1. The molecule has 0 heterocycles. The Bertz CT molecular complexity index is 179. The molecule has 0 aromatic carbocycles. The maximum Gasteiger partial charge on any atom is 0.234 e. The highest BCUT2D eigenvalue weighted by Gasteiger charge is 2.29. The largest absolute Gasteiger partial charge is 0.356 e. The van der Waals surface area contributed by atoms with Gasteiger partial charge in [0.15, 0.2) is 0 Å². The van der Waals surface area contributed by atoms with Crippen molar-refractivity contribution in [3.8, 4) is 0 Å². The van der Waals surface area contributed by atoms with Crippen LogP contribution in [0.1, 0.15) is 25.7 Å². The molecule has 1 aliphatic carbocycles. The molecule has 1 unspecified atom stereocenters.